The molecule has 2 amide bonds. The fourth-order valence-corrected chi connectivity index (χ4v) is 2.19. The number of hydrogen-bond acceptors (Lipinski definition) is 6. The van der Waals surface area contributed by atoms with Crippen molar-refractivity contribution in [1.82, 2.24) is 20.3 Å². The lowest BCUT2D eigenvalue weighted by Crippen LogP contribution is -2.25. The molecule has 0 bridgehead atoms. The Hall–Kier alpha value is -3.24. The molecule has 2 rings (SSSR count). The summed E-state index contributed by atoms with van der Waals surface area (Å²) in [6.07, 6.45) is -3.14. The van der Waals surface area contributed by atoms with Gasteiger partial charge in [-0.25, -0.2) is 15.0 Å². The van der Waals surface area contributed by atoms with E-state index in [2.05, 4.69) is 30.3 Å². The van der Waals surface area contributed by atoms with Crippen molar-refractivity contribution >= 4 is 17.8 Å². The lowest BCUT2D eigenvalue weighted by molar-refractivity contribution is -0.154. The Bertz CT molecular complexity index is 887. The van der Waals surface area contributed by atoms with E-state index < -0.39 is 18.7 Å². The maximum Gasteiger partial charge on any atom is 0.422 e. The van der Waals surface area contributed by atoms with Crippen LogP contribution in [0.4, 0.5) is 19.1 Å². The Labute approximate surface area is 158 Å². The molecule has 0 saturated heterocycles. The molecule has 0 fully saturated rings. The summed E-state index contributed by atoms with van der Waals surface area (Å²) in [5, 5.41) is 5.03. The number of carbonyl (C=O) groups excluding carboxylic acids is 2. The standard InChI is InChI=1S/C17H18F3N5O3/c1-9-4-12(7-22-15(9)28-8-17(18,19)20)6-21-14(27)13-5-10(2)23-16(25-13)24-11(3)26/h4-5,7H,6,8H2,1-3H3,(H,21,27)(H,23,24,25,26). The van der Waals surface area contributed by atoms with E-state index in [0.29, 0.717) is 16.8 Å². The maximum atomic E-state index is 12.3. The molecule has 0 aliphatic carbocycles. The van der Waals surface area contributed by atoms with Gasteiger partial charge in [0.05, 0.1) is 0 Å². The van der Waals surface area contributed by atoms with Gasteiger partial charge in [0.2, 0.25) is 17.7 Å². The van der Waals surface area contributed by atoms with Crippen molar-refractivity contribution in [2.24, 2.45) is 0 Å². The lowest BCUT2D eigenvalue weighted by atomic mass is 10.2. The molecule has 0 atom stereocenters. The van der Waals surface area contributed by atoms with Crippen molar-refractivity contribution < 1.29 is 27.5 Å². The largest absolute Gasteiger partial charge is 0.468 e. The van der Waals surface area contributed by atoms with Gasteiger partial charge in [0.1, 0.15) is 5.69 Å². The summed E-state index contributed by atoms with van der Waals surface area (Å²) in [6.45, 7) is 3.14. The Morgan fingerprint density at radius 2 is 1.89 bits per heavy atom. The average molecular weight is 397 g/mol. The van der Waals surface area contributed by atoms with Gasteiger partial charge < -0.3 is 10.1 Å². The highest BCUT2D eigenvalue weighted by atomic mass is 19.4. The van der Waals surface area contributed by atoms with Crippen molar-refractivity contribution in [3.63, 3.8) is 0 Å². The van der Waals surface area contributed by atoms with Crippen molar-refractivity contribution in [2.75, 3.05) is 11.9 Å². The number of carbonyl (C=O) groups is 2. The second-order valence-corrected chi connectivity index (χ2v) is 5.95. The first-order valence-electron chi connectivity index (χ1n) is 8.10. The summed E-state index contributed by atoms with van der Waals surface area (Å²) in [4.78, 5) is 35.2. The smallest absolute Gasteiger partial charge is 0.422 e. The van der Waals surface area contributed by atoms with Crippen LogP contribution in [0, 0.1) is 13.8 Å². The van der Waals surface area contributed by atoms with E-state index >= 15 is 0 Å². The molecule has 0 radical (unpaired) electrons. The highest BCUT2D eigenvalue weighted by molar-refractivity contribution is 5.93. The maximum absolute atomic E-state index is 12.3. The minimum atomic E-state index is -4.45. The third kappa shape index (κ3) is 6.49. The number of amides is 2. The van der Waals surface area contributed by atoms with E-state index in [1.54, 1.807) is 19.9 Å². The summed E-state index contributed by atoms with van der Waals surface area (Å²) in [6, 6.07) is 3.02. The molecular weight excluding hydrogens is 379 g/mol. The lowest BCUT2D eigenvalue weighted by Gasteiger charge is -2.12. The van der Waals surface area contributed by atoms with E-state index in [9.17, 15) is 22.8 Å². The SMILES string of the molecule is CC(=O)Nc1nc(C)cc(C(=O)NCc2cnc(OCC(F)(F)F)c(C)c2)n1. The molecule has 0 unspecified atom stereocenters. The number of aryl methyl sites for hydroxylation is 2. The van der Waals surface area contributed by atoms with Gasteiger partial charge in [-0.2, -0.15) is 13.2 Å². The molecule has 150 valence electrons. The molecule has 11 heteroatoms. The van der Waals surface area contributed by atoms with Crippen LogP contribution in [0.15, 0.2) is 18.3 Å². The highest BCUT2D eigenvalue weighted by Crippen LogP contribution is 2.20. The van der Waals surface area contributed by atoms with Gasteiger partial charge in [-0.1, -0.05) is 0 Å². The molecule has 28 heavy (non-hydrogen) atoms. The molecule has 8 nitrogen and oxygen atoms in total. The first-order valence-corrected chi connectivity index (χ1v) is 8.10. The zero-order valence-electron chi connectivity index (χ0n) is 15.3. The molecule has 0 aliphatic rings. The first-order chi connectivity index (χ1) is 13.0. The minimum Gasteiger partial charge on any atom is -0.468 e. The van der Waals surface area contributed by atoms with Crippen LogP contribution >= 0.6 is 0 Å². The second kappa shape index (κ2) is 8.63. The van der Waals surface area contributed by atoms with Gasteiger partial charge >= 0.3 is 6.18 Å². The molecular formula is C17H18F3N5O3. The zero-order valence-corrected chi connectivity index (χ0v) is 15.3. The Balaban J connectivity index is 2.02. The fourth-order valence-electron chi connectivity index (χ4n) is 2.19. The van der Waals surface area contributed by atoms with E-state index in [-0.39, 0.29) is 30.0 Å². The molecule has 2 aromatic rings. The number of halogens is 3. The number of hydrogen-bond donors (Lipinski definition) is 2. The number of rotatable bonds is 6. The Morgan fingerprint density at radius 1 is 1.18 bits per heavy atom. The van der Waals surface area contributed by atoms with Crippen molar-refractivity contribution in [2.45, 2.75) is 33.5 Å². The van der Waals surface area contributed by atoms with Crippen molar-refractivity contribution in [1.29, 1.82) is 0 Å². The van der Waals surface area contributed by atoms with Gasteiger partial charge in [0.15, 0.2) is 6.61 Å². The molecule has 0 saturated carbocycles. The van der Waals surface area contributed by atoms with E-state index in [0.717, 1.165) is 0 Å². The van der Waals surface area contributed by atoms with Gasteiger partial charge in [-0.05, 0) is 31.5 Å². The molecule has 0 aromatic carbocycles. The quantitative estimate of drug-likeness (QED) is 0.775. The second-order valence-electron chi connectivity index (χ2n) is 5.95. The van der Waals surface area contributed by atoms with Crippen LogP contribution in [0.5, 0.6) is 5.88 Å². The summed E-state index contributed by atoms with van der Waals surface area (Å²) < 4.78 is 41.3. The minimum absolute atomic E-state index is 0.0151. The van der Waals surface area contributed by atoms with Crippen molar-refractivity contribution in [3.05, 3.63) is 40.8 Å². The molecule has 2 aromatic heterocycles. The van der Waals surface area contributed by atoms with E-state index in [4.69, 9.17) is 0 Å². The van der Waals surface area contributed by atoms with Crippen LogP contribution in [-0.4, -0.2) is 39.5 Å². The monoisotopic (exact) mass is 397 g/mol. The number of nitrogens with zero attached hydrogens (tertiary/aromatic N) is 3. The first kappa shape index (κ1) is 21.1. The van der Waals surface area contributed by atoms with Crippen LogP contribution in [0.2, 0.25) is 0 Å². The zero-order chi connectivity index (χ0) is 20.9. The van der Waals surface area contributed by atoms with Crippen LogP contribution in [0.1, 0.15) is 34.2 Å². The number of anilines is 1. The highest BCUT2D eigenvalue weighted by Gasteiger charge is 2.29. The third-order valence-corrected chi connectivity index (χ3v) is 3.29. The van der Waals surface area contributed by atoms with Crippen LogP contribution in [0.3, 0.4) is 0 Å². The molecule has 2 N–H and O–H groups in total. The fraction of sp³-hybridized carbons (Fsp3) is 0.353. The normalized spacial score (nSPS) is 11.1. The predicted octanol–water partition coefficient (Wildman–Crippen LogP) is 2.32. The van der Waals surface area contributed by atoms with Gasteiger partial charge in [-0.15, -0.1) is 0 Å². The van der Waals surface area contributed by atoms with Crippen molar-refractivity contribution in [3.8, 4) is 5.88 Å². The Morgan fingerprint density at radius 3 is 2.50 bits per heavy atom. The van der Waals surface area contributed by atoms with Gasteiger partial charge in [0.25, 0.3) is 5.91 Å². The van der Waals surface area contributed by atoms with E-state index in [1.165, 1.54) is 19.2 Å². The summed E-state index contributed by atoms with van der Waals surface area (Å²) in [5.41, 5.74) is 1.53. The molecule has 0 aliphatic heterocycles. The van der Waals surface area contributed by atoms with Gasteiger partial charge in [0, 0.05) is 30.9 Å². The third-order valence-electron chi connectivity index (χ3n) is 3.29. The van der Waals surface area contributed by atoms with Crippen LogP contribution in [-0.2, 0) is 11.3 Å². The topological polar surface area (TPSA) is 106 Å². The number of nitrogens with one attached hydrogen (secondary N) is 2. The number of ether oxygens (including phenoxy) is 1. The summed E-state index contributed by atoms with van der Waals surface area (Å²) in [5.74, 6) is -0.987. The number of pyridine rings is 1. The number of alkyl halides is 3. The molecule has 0 spiro atoms. The van der Waals surface area contributed by atoms with Crippen LogP contribution < -0.4 is 15.4 Å². The number of aromatic nitrogens is 3. The average Bonchev–Trinajstić information content (AvgIpc) is 2.56. The van der Waals surface area contributed by atoms with Gasteiger partial charge in [-0.3, -0.25) is 14.9 Å². The Kier molecular flexibility index (Phi) is 6.49. The predicted molar refractivity (Wildman–Crippen MR) is 92.8 cm³/mol. The molecule has 2 heterocycles. The van der Waals surface area contributed by atoms with E-state index in [1.807, 2.05) is 0 Å². The summed E-state index contributed by atoms with van der Waals surface area (Å²) >= 11 is 0. The van der Waals surface area contributed by atoms with Crippen LogP contribution in [0.25, 0.3) is 0 Å². The summed E-state index contributed by atoms with van der Waals surface area (Å²) in [7, 11) is 0.